The Morgan fingerprint density at radius 1 is 1.24 bits per heavy atom. The summed E-state index contributed by atoms with van der Waals surface area (Å²) in [6.45, 7) is 6.14. The highest BCUT2D eigenvalue weighted by atomic mass is 79.9. The van der Waals surface area contributed by atoms with E-state index in [1.807, 2.05) is 6.07 Å². The summed E-state index contributed by atoms with van der Waals surface area (Å²) in [5.74, 6) is 0.800. The number of benzene rings is 1. The second-order valence-corrected chi connectivity index (χ2v) is 6.57. The molecule has 0 aliphatic carbocycles. The number of nitrogens with zero attached hydrogens (tertiary/aromatic N) is 1. The summed E-state index contributed by atoms with van der Waals surface area (Å²) in [6.07, 6.45) is 6.32. The standard InChI is InChI=1S/C16H25BrN2O2/c1-13(2)8-5-3-4-6-11-18-12-14-9-7-10-15(16(14)17)19(20)21/h7,9-10,13,18H,3-6,8,11-12H2,1-2H3. The predicted octanol–water partition coefficient (Wildman–Crippen LogP) is 5.05. The summed E-state index contributed by atoms with van der Waals surface area (Å²) < 4.78 is 0.583. The molecule has 1 aromatic carbocycles. The summed E-state index contributed by atoms with van der Waals surface area (Å²) in [7, 11) is 0. The van der Waals surface area contributed by atoms with Crippen molar-refractivity contribution >= 4 is 21.6 Å². The summed E-state index contributed by atoms with van der Waals surface area (Å²) in [5.41, 5.74) is 1.06. The van der Waals surface area contributed by atoms with Gasteiger partial charge in [-0.1, -0.05) is 51.7 Å². The summed E-state index contributed by atoms with van der Waals surface area (Å²) >= 11 is 3.32. The van der Waals surface area contributed by atoms with Crippen LogP contribution >= 0.6 is 15.9 Å². The van der Waals surface area contributed by atoms with Gasteiger partial charge in [0.25, 0.3) is 5.69 Å². The number of hydrogen-bond donors (Lipinski definition) is 1. The Hall–Kier alpha value is -0.940. The Morgan fingerprint density at radius 3 is 2.62 bits per heavy atom. The molecule has 0 fully saturated rings. The minimum absolute atomic E-state index is 0.128. The molecular weight excluding hydrogens is 332 g/mol. The first kappa shape index (κ1) is 18.1. The minimum atomic E-state index is -0.359. The van der Waals surface area contributed by atoms with Crippen LogP contribution in [0.1, 0.15) is 51.5 Å². The van der Waals surface area contributed by atoms with Gasteiger partial charge in [-0.2, -0.15) is 0 Å². The van der Waals surface area contributed by atoms with Crippen LogP contribution in [0.2, 0.25) is 0 Å². The first-order valence-electron chi connectivity index (χ1n) is 7.65. The van der Waals surface area contributed by atoms with Crippen molar-refractivity contribution in [2.24, 2.45) is 5.92 Å². The number of halogens is 1. The number of unbranched alkanes of at least 4 members (excludes halogenated alkanes) is 3. The van der Waals surface area contributed by atoms with E-state index in [9.17, 15) is 10.1 Å². The van der Waals surface area contributed by atoms with Crippen LogP contribution in [0.15, 0.2) is 22.7 Å². The Labute approximate surface area is 135 Å². The first-order valence-corrected chi connectivity index (χ1v) is 8.44. The highest BCUT2D eigenvalue weighted by molar-refractivity contribution is 9.10. The monoisotopic (exact) mass is 356 g/mol. The summed E-state index contributed by atoms with van der Waals surface area (Å²) in [5, 5.41) is 14.2. The van der Waals surface area contributed by atoms with Gasteiger partial charge in [0, 0.05) is 12.6 Å². The number of rotatable bonds is 10. The van der Waals surface area contributed by atoms with Crippen molar-refractivity contribution < 1.29 is 4.92 Å². The molecule has 0 aliphatic rings. The van der Waals surface area contributed by atoms with Gasteiger partial charge in [-0.05, 0) is 40.4 Å². The van der Waals surface area contributed by atoms with Gasteiger partial charge in [0.15, 0.2) is 0 Å². The van der Waals surface area contributed by atoms with Crippen LogP contribution in [0, 0.1) is 16.0 Å². The molecule has 0 aliphatic heterocycles. The van der Waals surface area contributed by atoms with E-state index in [0.717, 1.165) is 24.4 Å². The fraction of sp³-hybridized carbons (Fsp3) is 0.625. The highest BCUT2D eigenvalue weighted by Crippen LogP contribution is 2.28. The lowest BCUT2D eigenvalue weighted by atomic mass is 10.0. The van der Waals surface area contributed by atoms with E-state index in [0.29, 0.717) is 11.0 Å². The SMILES string of the molecule is CC(C)CCCCCCNCc1cccc([N+](=O)[O-])c1Br. The van der Waals surface area contributed by atoms with Crippen LogP contribution < -0.4 is 5.32 Å². The van der Waals surface area contributed by atoms with Gasteiger partial charge in [0.1, 0.15) is 0 Å². The zero-order chi connectivity index (χ0) is 15.7. The third kappa shape index (κ3) is 7.05. The largest absolute Gasteiger partial charge is 0.313 e. The van der Waals surface area contributed by atoms with Gasteiger partial charge < -0.3 is 5.32 Å². The second kappa shape index (κ2) is 9.90. The minimum Gasteiger partial charge on any atom is -0.313 e. The lowest BCUT2D eigenvalue weighted by Crippen LogP contribution is -2.15. The molecule has 1 aromatic rings. The molecule has 1 N–H and O–H groups in total. The predicted molar refractivity (Wildman–Crippen MR) is 90.4 cm³/mol. The molecule has 5 heteroatoms. The van der Waals surface area contributed by atoms with Crippen molar-refractivity contribution in [1.82, 2.24) is 5.32 Å². The lowest BCUT2D eigenvalue weighted by molar-refractivity contribution is -0.385. The first-order chi connectivity index (χ1) is 10.0. The fourth-order valence-electron chi connectivity index (χ4n) is 2.22. The fourth-order valence-corrected chi connectivity index (χ4v) is 2.77. The third-order valence-corrected chi connectivity index (χ3v) is 4.37. The average Bonchev–Trinajstić information content (AvgIpc) is 2.42. The van der Waals surface area contributed by atoms with Crippen LogP contribution in [0.5, 0.6) is 0 Å². The third-order valence-electron chi connectivity index (χ3n) is 3.46. The van der Waals surface area contributed by atoms with Crippen molar-refractivity contribution in [2.45, 2.75) is 52.5 Å². The van der Waals surface area contributed by atoms with E-state index in [1.54, 1.807) is 6.07 Å². The van der Waals surface area contributed by atoms with E-state index in [1.165, 1.54) is 31.7 Å². The molecule has 0 radical (unpaired) electrons. The Morgan fingerprint density at radius 2 is 1.95 bits per heavy atom. The number of nitro benzene ring substituents is 1. The van der Waals surface area contributed by atoms with Crippen LogP contribution in [0.4, 0.5) is 5.69 Å². The van der Waals surface area contributed by atoms with Crippen LogP contribution in [0.25, 0.3) is 0 Å². The van der Waals surface area contributed by atoms with Gasteiger partial charge in [-0.15, -0.1) is 0 Å². The maximum atomic E-state index is 10.9. The van der Waals surface area contributed by atoms with E-state index >= 15 is 0 Å². The van der Waals surface area contributed by atoms with E-state index in [-0.39, 0.29) is 10.6 Å². The van der Waals surface area contributed by atoms with Gasteiger partial charge in [0.2, 0.25) is 0 Å². The van der Waals surface area contributed by atoms with Crippen molar-refractivity contribution in [3.05, 3.63) is 38.3 Å². The molecule has 21 heavy (non-hydrogen) atoms. The van der Waals surface area contributed by atoms with Gasteiger partial charge >= 0.3 is 0 Å². The molecular formula is C16H25BrN2O2. The Balaban J connectivity index is 2.21. The van der Waals surface area contributed by atoms with Crippen LogP contribution in [-0.2, 0) is 6.54 Å². The quantitative estimate of drug-likeness (QED) is 0.362. The number of nitro groups is 1. The van der Waals surface area contributed by atoms with Crippen molar-refractivity contribution in [2.75, 3.05) is 6.54 Å². The van der Waals surface area contributed by atoms with E-state index in [4.69, 9.17) is 0 Å². The Kier molecular flexibility index (Phi) is 8.54. The maximum absolute atomic E-state index is 10.9. The lowest BCUT2D eigenvalue weighted by Gasteiger charge is -2.08. The van der Waals surface area contributed by atoms with Crippen LogP contribution in [-0.4, -0.2) is 11.5 Å². The average molecular weight is 357 g/mol. The molecule has 0 bridgehead atoms. The van der Waals surface area contributed by atoms with E-state index in [2.05, 4.69) is 35.1 Å². The zero-order valence-corrected chi connectivity index (χ0v) is 14.5. The molecule has 0 saturated carbocycles. The topological polar surface area (TPSA) is 55.2 Å². The summed E-state index contributed by atoms with van der Waals surface area (Å²) in [6, 6.07) is 5.15. The van der Waals surface area contributed by atoms with Crippen molar-refractivity contribution in [3.8, 4) is 0 Å². The molecule has 4 nitrogen and oxygen atoms in total. The molecule has 1 rings (SSSR count). The highest BCUT2D eigenvalue weighted by Gasteiger charge is 2.14. The van der Waals surface area contributed by atoms with E-state index < -0.39 is 0 Å². The van der Waals surface area contributed by atoms with Crippen LogP contribution in [0.3, 0.4) is 0 Å². The Bertz CT molecular complexity index is 450. The normalized spacial score (nSPS) is 11.0. The molecule has 0 heterocycles. The molecule has 0 amide bonds. The van der Waals surface area contributed by atoms with Crippen molar-refractivity contribution in [1.29, 1.82) is 0 Å². The molecule has 0 unspecified atom stereocenters. The maximum Gasteiger partial charge on any atom is 0.283 e. The van der Waals surface area contributed by atoms with Gasteiger partial charge in [-0.25, -0.2) is 0 Å². The zero-order valence-electron chi connectivity index (χ0n) is 12.9. The molecule has 0 atom stereocenters. The smallest absolute Gasteiger partial charge is 0.283 e. The summed E-state index contributed by atoms with van der Waals surface area (Å²) in [4.78, 5) is 10.5. The van der Waals surface area contributed by atoms with Gasteiger partial charge in [-0.3, -0.25) is 10.1 Å². The number of nitrogens with one attached hydrogen (secondary N) is 1. The second-order valence-electron chi connectivity index (χ2n) is 5.78. The molecule has 118 valence electrons. The number of hydrogen-bond acceptors (Lipinski definition) is 3. The molecule has 0 saturated heterocycles. The van der Waals surface area contributed by atoms with Gasteiger partial charge in [0.05, 0.1) is 9.40 Å². The molecule has 0 aromatic heterocycles. The molecule has 0 spiro atoms. The van der Waals surface area contributed by atoms with Crippen molar-refractivity contribution in [3.63, 3.8) is 0 Å².